The van der Waals surface area contributed by atoms with E-state index in [0.717, 1.165) is 0 Å². The van der Waals surface area contributed by atoms with Crippen LogP contribution in [-0.4, -0.2) is 30.5 Å². The zero-order valence-corrected chi connectivity index (χ0v) is 9.89. The van der Waals surface area contributed by atoms with Crippen LogP contribution in [0, 0.1) is 10.1 Å². The standard InChI is InChI=1S/C11H16N4O3/c12-6-8-14-11(16)5-7-13-9-3-1-2-4-10(9)15(17)18/h1-4,13H,5-8,12H2,(H,14,16). The number of anilines is 1. The number of carbonyl (C=O) groups excluding carboxylic acids is 1. The number of nitro groups is 1. The van der Waals surface area contributed by atoms with Gasteiger partial charge in [0.2, 0.25) is 5.91 Å². The van der Waals surface area contributed by atoms with Crippen molar-refractivity contribution in [3.05, 3.63) is 34.4 Å². The van der Waals surface area contributed by atoms with Gasteiger partial charge in [-0.15, -0.1) is 0 Å². The van der Waals surface area contributed by atoms with Gasteiger partial charge in [0.1, 0.15) is 5.69 Å². The van der Waals surface area contributed by atoms with Crippen molar-refractivity contribution in [2.75, 3.05) is 25.0 Å². The number of hydrogen-bond donors (Lipinski definition) is 3. The van der Waals surface area contributed by atoms with Crippen molar-refractivity contribution < 1.29 is 9.72 Å². The van der Waals surface area contributed by atoms with E-state index in [9.17, 15) is 14.9 Å². The molecule has 0 radical (unpaired) electrons. The summed E-state index contributed by atoms with van der Waals surface area (Å²) in [4.78, 5) is 21.5. The van der Waals surface area contributed by atoms with Gasteiger partial charge in [-0.3, -0.25) is 14.9 Å². The molecule has 0 aromatic heterocycles. The monoisotopic (exact) mass is 252 g/mol. The second-order valence-corrected chi connectivity index (χ2v) is 3.59. The molecule has 0 saturated heterocycles. The number of amides is 1. The van der Waals surface area contributed by atoms with Crippen LogP contribution in [0.25, 0.3) is 0 Å². The molecule has 7 nitrogen and oxygen atoms in total. The maximum atomic E-state index is 11.3. The number of nitrogens with zero attached hydrogens (tertiary/aromatic N) is 1. The minimum absolute atomic E-state index is 0.000124. The third-order valence-electron chi connectivity index (χ3n) is 2.23. The summed E-state index contributed by atoms with van der Waals surface area (Å²) in [6, 6.07) is 6.31. The number of rotatable bonds is 7. The number of hydrogen-bond acceptors (Lipinski definition) is 5. The van der Waals surface area contributed by atoms with Gasteiger partial charge in [0, 0.05) is 32.1 Å². The number of para-hydroxylation sites is 2. The van der Waals surface area contributed by atoms with Crippen molar-refractivity contribution in [1.82, 2.24) is 5.32 Å². The molecule has 0 spiro atoms. The number of nitrogens with two attached hydrogens (primary N) is 1. The van der Waals surface area contributed by atoms with Crippen LogP contribution in [0.15, 0.2) is 24.3 Å². The molecule has 1 aromatic rings. The van der Waals surface area contributed by atoms with Crippen LogP contribution >= 0.6 is 0 Å². The van der Waals surface area contributed by atoms with E-state index in [-0.39, 0.29) is 18.0 Å². The van der Waals surface area contributed by atoms with Gasteiger partial charge in [-0.25, -0.2) is 0 Å². The largest absolute Gasteiger partial charge is 0.379 e. The molecule has 0 unspecified atom stereocenters. The highest BCUT2D eigenvalue weighted by Crippen LogP contribution is 2.22. The Hall–Kier alpha value is -2.15. The number of nitro benzene ring substituents is 1. The van der Waals surface area contributed by atoms with Gasteiger partial charge in [-0.1, -0.05) is 12.1 Å². The van der Waals surface area contributed by atoms with Gasteiger partial charge in [0.05, 0.1) is 4.92 Å². The molecule has 0 saturated carbocycles. The highest BCUT2D eigenvalue weighted by molar-refractivity contribution is 5.76. The Morgan fingerprint density at radius 3 is 2.72 bits per heavy atom. The zero-order chi connectivity index (χ0) is 13.4. The van der Waals surface area contributed by atoms with Crippen molar-refractivity contribution >= 4 is 17.3 Å². The van der Waals surface area contributed by atoms with E-state index in [0.29, 0.717) is 25.3 Å². The summed E-state index contributed by atoms with van der Waals surface area (Å²) < 4.78 is 0. The molecule has 98 valence electrons. The third-order valence-corrected chi connectivity index (χ3v) is 2.23. The topological polar surface area (TPSA) is 110 Å². The summed E-state index contributed by atoms with van der Waals surface area (Å²) >= 11 is 0. The zero-order valence-electron chi connectivity index (χ0n) is 9.89. The van der Waals surface area contributed by atoms with Gasteiger partial charge in [0.15, 0.2) is 0 Å². The van der Waals surface area contributed by atoms with Gasteiger partial charge < -0.3 is 16.4 Å². The molecule has 1 amide bonds. The lowest BCUT2D eigenvalue weighted by Crippen LogP contribution is -2.30. The van der Waals surface area contributed by atoms with Crippen molar-refractivity contribution in [1.29, 1.82) is 0 Å². The van der Waals surface area contributed by atoms with Crippen LogP contribution in [0.3, 0.4) is 0 Å². The lowest BCUT2D eigenvalue weighted by Gasteiger charge is -2.07. The Balaban J connectivity index is 2.44. The first-order valence-corrected chi connectivity index (χ1v) is 5.59. The van der Waals surface area contributed by atoms with Crippen molar-refractivity contribution in [3.63, 3.8) is 0 Å². The normalized spacial score (nSPS) is 9.83. The summed E-state index contributed by atoms with van der Waals surface area (Å²) in [7, 11) is 0. The molecule has 1 rings (SSSR count). The quantitative estimate of drug-likeness (QED) is 0.482. The average molecular weight is 252 g/mol. The van der Waals surface area contributed by atoms with Crippen LogP contribution in [0.5, 0.6) is 0 Å². The van der Waals surface area contributed by atoms with Crippen LogP contribution < -0.4 is 16.4 Å². The fourth-order valence-electron chi connectivity index (χ4n) is 1.39. The molecule has 0 heterocycles. The van der Waals surface area contributed by atoms with Crippen LogP contribution in [0.4, 0.5) is 11.4 Å². The summed E-state index contributed by atoms with van der Waals surface area (Å²) in [6.07, 6.45) is 0.242. The minimum atomic E-state index is -0.461. The first-order valence-electron chi connectivity index (χ1n) is 5.59. The van der Waals surface area contributed by atoms with Gasteiger partial charge >= 0.3 is 0 Å². The first kappa shape index (κ1) is 13.9. The maximum absolute atomic E-state index is 11.3. The van der Waals surface area contributed by atoms with Crippen molar-refractivity contribution in [3.8, 4) is 0 Å². The van der Waals surface area contributed by atoms with Crippen molar-refractivity contribution in [2.45, 2.75) is 6.42 Å². The molecule has 4 N–H and O–H groups in total. The molecule has 0 fully saturated rings. The third kappa shape index (κ3) is 4.38. The van der Waals surface area contributed by atoms with E-state index in [4.69, 9.17) is 5.73 Å². The molecule has 18 heavy (non-hydrogen) atoms. The Labute approximate surface area is 105 Å². The predicted octanol–water partition coefficient (Wildman–Crippen LogP) is 0.472. The lowest BCUT2D eigenvalue weighted by molar-refractivity contribution is -0.384. The molecule has 0 aliphatic rings. The van der Waals surface area contributed by atoms with Gasteiger partial charge in [-0.05, 0) is 6.07 Å². The molecule has 0 bridgehead atoms. The Kier molecular flexibility index (Phi) is 5.59. The van der Waals surface area contributed by atoms with E-state index in [1.54, 1.807) is 18.2 Å². The van der Waals surface area contributed by atoms with E-state index in [1.807, 2.05) is 0 Å². The molecule has 0 aliphatic carbocycles. The highest BCUT2D eigenvalue weighted by Gasteiger charge is 2.11. The van der Waals surface area contributed by atoms with E-state index in [1.165, 1.54) is 6.07 Å². The molecule has 0 atom stereocenters. The van der Waals surface area contributed by atoms with Gasteiger partial charge in [-0.2, -0.15) is 0 Å². The predicted molar refractivity (Wildman–Crippen MR) is 68.3 cm³/mol. The molecule has 7 heteroatoms. The van der Waals surface area contributed by atoms with Crippen LogP contribution in [0.1, 0.15) is 6.42 Å². The number of carbonyl (C=O) groups is 1. The smallest absolute Gasteiger partial charge is 0.292 e. The fraction of sp³-hybridized carbons (Fsp3) is 0.364. The Morgan fingerprint density at radius 2 is 2.06 bits per heavy atom. The molecular weight excluding hydrogens is 236 g/mol. The first-order chi connectivity index (χ1) is 8.65. The minimum Gasteiger partial charge on any atom is -0.379 e. The second kappa shape index (κ2) is 7.23. The molecular formula is C11H16N4O3. The number of nitrogens with one attached hydrogen (secondary N) is 2. The Bertz CT molecular complexity index is 423. The molecule has 0 aliphatic heterocycles. The Morgan fingerprint density at radius 1 is 1.33 bits per heavy atom. The second-order valence-electron chi connectivity index (χ2n) is 3.59. The van der Waals surface area contributed by atoms with Gasteiger partial charge in [0.25, 0.3) is 5.69 Å². The summed E-state index contributed by atoms with van der Waals surface area (Å²) in [6.45, 7) is 1.16. The molecule has 1 aromatic carbocycles. The fourth-order valence-corrected chi connectivity index (χ4v) is 1.39. The van der Waals surface area contributed by atoms with Crippen LogP contribution in [0.2, 0.25) is 0 Å². The number of benzene rings is 1. The summed E-state index contributed by atoms with van der Waals surface area (Å²) in [5.74, 6) is -0.133. The van der Waals surface area contributed by atoms with E-state index in [2.05, 4.69) is 10.6 Å². The van der Waals surface area contributed by atoms with Crippen LogP contribution in [-0.2, 0) is 4.79 Å². The van der Waals surface area contributed by atoms with Crippen molar-refractivity contribution in [2.24, 2.45) is 5.73 Å². The highest BCUT2D eigenvalue weighted by atomic mass is 16.6. The van der Waals surface area contributed by atoms with E-state index < -0.39 is 4.92 Å². The lowest BCUT2D eigenvalue weighted by atomic mass is 10.2. The average Bonchev–Trinajstić information content (AvgIpc) is 2.36. The summed E-state index contributed by atoms with van der Waals surface area (Å²) in [5.41, 5.74) is 5.66. The van der Waals surface area contributed by atoms with E-state index >= 15 is 0 Å². The SMILES string of the molecule is NCCNC(=O)CCNc1ccccc1[N+](=O)[O-]. The maximum Gasteiger partial charge on any atom is 0.292 e. The summed E-state index contributed by atoms with van der Waals surface area (Å²) in [5, 5.41) is 16.2.